The van der Waals surface area contributed by atoms with Crippen molar-refractivity contribution in [3.8, 4) is 0 Å². The predicted octanol–water partition coefficient (Wildman–Crippen LogP) is 1.76. The minimum Gasteiger partial charge on any atom is -0.394 e. The highest BCUT2D eigenvalue weighted by Crippen LogP contribution is 2.36. The second kappa shape index (κ2) is 3.94. The Bertz CT molecular complexity index is 167. The van der Waals surface area contributed by atoms with Gasteiger partial charge in [-0.2, -0.15) is 0 Å². The molecule has 2 heteroatoms. The zero-order valence-electron chi connectivity index (χ0n) is 8.08. The second-order valence-corrected chi connectivity index (χ2v) is 3.27. The van der Waals surface area contributed by atoms with Gasteiger partial charge >= 0.3 is 0 Å². The molecular formula is C10H19NO. The molecule has 2 aliphatic rings. The summed E-state index contributed by atoms with van der Waals surface area (Å²) in [5.74, 6) is 0. The minimum atomic E-state index is 0.125. The van der Waals surface area contributed by atoms with Crippen LogP contribution in [0.4, 0.5) is 0 Å². The quantitative estimate of drug-likeness (QED) is 0.646. The smallest absolute Gasteiger partial charge is 0.0666 e. The Balaban J connectivity index is 0.000000336. The first-order valence-electron chi connectivity index (χ1n) is 4.92. The molecule has 0 spiro atoms. The summed E-state index contributed by atoms with van der Waals surface area (Å²) >= 11 is 0. The molecule has 1 saturated heterocycles. The van der Waals surface area contributed by atoms with Crippen molar-refractivity contribution < 1.29 is 5.11 Å². The van der Waals surface area contributed by atoms with Crippen LogP contribution in [0.3, 0.4) is 0 Å². The number of rotatable bonds is 1. The third-order valence-corrected chi connectivity index (χ3v) is 2.73. The van der Waals surface area contributed by atoms with Gasteiger partial charge in [0.25, 0.3) is 0 Å². The summed E-state index contributed by atoms with van der Waals surface area (Å²) < 4.78 is 0. The average Bonchev–Trinajstić information content (AvgIpc) is 2.65. The minimum absolute atomic E-state index is 0.125. The van der Waals surface area contributed by atoms with Crippen LogP contribution >= 0.6 is 0 Å². The summed E-state index contributed by atoms with van der Waals surface area (Å²) in [6.45, 7) is 5.46. The molecule has 2 aliphatic heterocycles. The molecule has 0 aromatic rings. The van der Waals surface area contributed by atoms with Crippen molar-refractivity contribution in [1.82, 2.24) is 4.90 Å². The van der Waals surface area contributed by atoms with Crippen LogP contribution < -0.4 is 0 Å². The molecule has 1 N–H and O–H groups in total. The van der Waals surface area contributed by atoms with Crippen molar-refractivity contribution in [3.63, 3.8) is 0 Å². The maximum atomic E-state index is 9.15. The maximum absolute atomic E-state index is 9.15. The molecule has 2 nitrogen and oxygen atoms in total. The molecule has 0 amide bonds. The molecule has 0 bridgehead atoms. The lowest BCUT2D eigenvalue weighted by atomic mass is 9.96. The number of nitrogens with zero attached hydrogens (tertiary/aromatic N) is 1. The topological polar surface area (TPSA) is 23.5 Å². The molecular weight excluding hydrogens is 150 g/mol. The molecule has 70 valence electrons. The van der Waals surface area contributed by atoms with Crippen molar-refractivity contribution in [2.75, 3.05) is 13.2 Å². The van der Waals surface area contributed by atoms with Gasteiger partial charge in [-0.25, -0.2) is 0 Å². The van der Waals surface area contributed by atoms with E-state index in [4.69, 9.17) is 5.11 Å². The van der Waals surface area contributed by atoms with Gasteiger partial charge in [0, 0.05) is 6.54 Å². The lowest BCUT2D eigenvalue weighted by molar-refractivity contribution is 0.114. The largest absolute Gasteiger partial charge is 0.394 e. The number of aliphatic hydroxyl groups excluding tert-OH is 1. The molecule has 0 aliphatic carbocycles. The zero-order chi connectivity index (χ0) is 9.03. The highest BCUT2D eigenvalue weighted by molar-refractivity contribution is 5.11. The van der Waals surface area contributed by atoms with E-state index in [9.17, 15) is 0 Å². The Kier molecular flexibility index (Phi) is 3.15. The molecule has 2 rings (SSSR count). The van der Waals surface area contributed by atoms with Gasteiger partial charge < -0.3 is 10.0 Å². The first-order valence-corrected chi connectivity index (χ1v) is 4.92. The van der Waals surface area contributed by atoms with Crippen molar-refractivity contribution >= 4 is 0 Å². The maximum Gasteiger partial charge on any atom is 0.0666 e. The van der Waals surface area contributed by atoms with E-state index in [1.807, 2.05) is 13.8 Å². The van der Waals surface area contributed by atoms with Crippen LogP contribution in [0.1, 0.15) is 33.1 Å². The van der Waals surface area contributed by atoms with Crippen molar-refractivity contribution in [2.24, 2.45) is 0 Å². The summed E-state index contributed by atoms with van der Waals surface area (Å²) in [6, 6.07) is 0. The van der Waals surface area contributed by atoms with Crippen molar-refractivity contribution in [1.29, 1.82) is 0 Å². The normalized spacial score (nSPS) is 31.4. The summed E-state index contributed by atoms with van der Waals surface area (Å²) in [5.41, 5.74) is 0.125. The average molecular weight is 169 g/mol. The first kappa shape index (κ1) is 9.59. The number of hydrogen-bond donors (Lipinski definition) is 1. The van der Waals surface area contributed by atoms with Gasteiger partial charge in [-0.1, -0.05) is 19.9 Å². The zero-order valence-corrected chi connectivity index (χ0v) is 8.08. The molecule has 1 fully saturated rings. The van der Waals surface area contributed by atoms with E-state index in [1.54, 1.807) is 0 Å². The first-order chi connectivity index (χ1) is 5.87. The van der Waals surface area contributed by atoms with Gasteiger partial charge in [-0.05, 0) is 25.5 Å². The van der Waals surface area contributed by atoms with Crippen LogP contribution in [-0.2, 0) is 0 Å². The fourth-order valence-corrected chi connectivity index (χ4v) is 2.04. The fraction of sp³-hybridized carbons (Fsp3) is 0.800. The number of fused-ring (bicyclic) bond motifs is 1. The summed E-state index contributed by atoms with van der Waals surface area (Å²) in [7, 11) is 0. The highest BCUT2D eigenvalue weighted by atomic mass is 16.3. The highest BCUT2D eigenvalue weighted by Gasteiger charge is 2.40. The number of aliphatic hydroxyl groups is 1. The van der Waals surface area contributed by atoms with E-state index in [-0.39, 0.29) is 5.54 Å². The van der Waals surface area contributed by atoms with Gasteiger partial charge in [0.05, 0.1) is 12.1 Å². The Morgan fingerprint density at radius 3 is 2.83 bits per heavy atom. The predicted molar refractivity (Wildman–Crippen MR) is 50.9 cm³/mol. The molecule has 0 aromatic carbocycles. The van der Waals surface area contributed by atoms with Gasteiger partial charge in [0.1, 0.15) is 0 Å². The summed E-state index contributed by atoms with van der Waals surface area (Å²) in [6.07, 6.45) is 7.74. The third-order valence-electron chi connectivity index (χ3n) is 2.73. The van der Waals surface area contributed by atoms with E-state index in [0.717, 1.165) is 19.4 Å². The van der Waals surface area contributed by atoms with Crippen molar-refractivity contribution in [2.45, 2.75) is 38.6 Å². The van der Waals surface area contributed by atoms with Crippen LogP contribution in [-0.4, -0.2) is 28.7 Å². The SMILES string of the molecule is CC.OCC12CC=CN1CCC2. The van der Waals surface area contributed by atoms with Crippen LogP contribution in [0.15, 0.2) is 12.3 Å². The molecule has 1 unspecified atom stereocenters. The standard InChI is InChI=1S/C8H13NO.C2H6/c10-7-8-3-1-5-9(8)6-2-4-8;1-2/h1,5,10H,2-4,6-7H2;1-2H3. The molecule has 12 heavy (non-hydrogen) atoms. The monoisotopic (exact) mass is 169 g/mol. The van der Waals surface area contributed by atoms with Crippen LogP contribution in [0.2, 0.25) is 0 Å². The van der Waals surface area contributed by atoms with Gasteiger partial charge in [-0.15, -0.1) is 0 Å². The molecule has 2 heterocycles. The van der Waals surface area contributed by atoms with E-state index in [0.29, 0.717) is 6.61 Å². The third kappa shape index (κ3) is 1.36. The van der Waals surface area contributed by atoms with E-state index in [2.05, 4.69) is 17.2 Å². The molecule has 0 radical (unpaired) electrons. The van der Waals surface area contributed by atoms with E-state index >= 15 is 0 Å². The lowest BCUT2D eigenvalue weighted by Gasteiger charge is -2.30. The van der Waals surface area contributed by atoms with E-state index in [1.165, 1.54) is 6.42 Å². The molecule has 0 saturated carbocycles. The number of hydrogen-bond acceptors (Lipinski definition) is 2. The van der Waals surface area contributed by atoms with Gasteiger partial charge in [0.2, 0.25) is 0 Å². The molecule has 1 atom stereocenters. The summed E-state index contributed by atoms with van der Waals surface area (Å²) in [4.78, 5) is 2.28. The Morgan fingerprint density at radius 2 is 2.25 bits per heavy atom. The Morgan fingerprint density at radius 1 is 1.50 bits per heavy atom. The second-order valence-electron chi connectivity index (χ2n) is 3.27. The van der Waals surface area contributed by atoms with Gasteiger partial charge in [-0.3, -0.25) is 0 Å². The fourth-order valence-electron chi connectivity index (χ4n) is 2.04. The summed E-state index contributed by atoms with van der Waals surface area (Å²) in [5, 5.41) is 9.15. The Hall–Kier alpha value is -0.500. The molecule has 0 aromatic heterocycles. The van der Waals surface area contributed by atoms with E-state index < -0.39 is 0 Å². The van der Waals surface area contributed by atoms with Gasteiger partial charge in [0.15, 0.2) is 0 Å². The van der Waals surface area contributed by atoms with Crippen molar-refractivity contribution in [3.05, 3.63) is 12.3 Å². The Labute approximate surface area is 74.9 Å². The van der Waals surface area contributed by atoms with Crippen LogP contribution in [0.5, 0.6) is 0 Å². The van der Waals surface area contributed by atoms with Crippen LogP contribution in [0.25, 0.3) is 0 Å². The van der Waals surface area contributed by atoms with Crippen LogP contribution in [0, 0.1) is 0 Å². The lowest BCUT2D eigenvalue weighted by Crippen LogP contribution is -2.40.